The van der Waals surface area contributed by atoms with Gasteiger partial charge in [0.1, 0.15) is 0 Å². The molecule has 0 aromatic carbocycles. The molecule has 1 aliphatic carbocycles. The number of aromatic nitrogens is 1. The van der Waals surface area contributed by atoms with Gasteiger partial charge in [0.25, 0.3) is 0 Å². The minimum atomic E-state index is -0.384. The van der Waals surface area contributed by atoms with Gasteiger partial charge in [0.15, 0.2) is 0 Å². The maximum atomic E-state index is 11.8. The van der Waals surface area contributed by atoms with E-state index < -0.39 is 0 Å². The van der Waals surface area contributed by atoms with Gasteiger partial charge in [-0.2, -0.15) is 0 Å². The molecule has 5 heteroatoms. The first kappa shape index (κ1) is 12.5. The van der Waals surface area contributed by atoms with E-state index in [4.69, 9.17) is 0 Å². The summed E-state index contributed by atoms with van der Waals surface area (Å²) in [6.45, 7) is 1.93. The average molecular weight is 254 g/mol. The van der Waals surface area contributed by atoms with Gasteiger partial charge in [0.2, 0.25) is 5.91 Å². The Morgan fingerprint density at radius 1 is 1.59 bits per heavy atom. The summed E-state index contributed by atoms with van der Waals surface area (Å²) in [4.78, 5) is 16.0. The average Bonchev–Trinajstić information content (AvgIpc) is 2.67. The van der Waals surface area contributed by atoms with Crippen molar-refractivity contribution in [2.45, 2.75) is 51.2 Å². The van der Waals surface area contributed by atoms with Crippen molar-refractivity contribution in [1.29, 1.82) is 0 Å². The fourth-order valence-corrected chi connectivity index (χ4v) is 2.80. The van der Waals surface area contributed by atoms with Gasteiger partial charge in [0.05, 0.1) is 29.3 Å². The first-order valence-electron chi connectivity index (χ1n) is 6.03. The third kappa shape index (κ3) is 3.51. The lowest BCUT2D eigenvalue weighted by Gasteiger charge is -2.28. The molecule has 2 rings (SSSR count). The molecule has 17 heavy (non-hydrogen) atoms. The lowest BCUT2D eigenvalue weighted by atomic mass is 9.92. The van der Waals surface area contributed by atoms with Gasteiger partial charge < -0.3 is 10.4 Å². The first-order chi connectivity index (χ1) is 8.15. The fraction of sp³-hybridized carbons (Fsp3) is 0.667. The lowest BCUT2D eigenvalue weighted by molar-refractivity contribution is -0.122. The predicted octanol–water partition coefficient (Wildman–Crippen LogP) is 1.41. The standard InChI is InChI=1S/C12H18N2O2S/c1-8-13-9(7-17-8)6-12(16)14-10-4-2-3-5-11(10)15/h7,10-11,15H,2-6H2,1H3,(H,14,16)/t10-,11-/m0/s1. The molecule has 0 spiro atoms. The van der Waals surface area contributed by atoms with Crippen molar-refractivity contribution in [3.05, 3.63) is 16.1 Å². The molecule has 1 aliphatic rings. The molecule has 2 atom stereocenters. The zero-order valence-corrected chi connectivity index (χ0v) is 10.8. The van der Waals surface area contributed by atoms with Crippen LogP contribution in [0.2, 0.25) is 0 Å². The van der Waals surface area contributed by atoms with Crippen LogP contribution in [0.3, 0.4) is 0 Å². The van der Waals surface area contributed by atoms with Crippen LogP contribution in [0.15, 0.2) is 5.38 Å². The van der Waals surface area contributed by atoms with E-state index in [-0.39, 0.29) is 18.1 Å². The van der Waals surface area contributed by atoms with Crippen molar-refractivity contribution >= 4 is 17.2 Å². The summed E-state index contributed by atoms with van der Waals surface area (Å²) in [6, 6.07) is -0.0732. The van der Waals surface area contributed by atoms with Gasteiger partial charge in [-0.3, -0.25) is 4.79 Å². The summed E-state index contributed by atoms with van der Waals surface area (Å²) in [6.07, 6.45) is 3.73. The number of nitrogens with one attached hydrogen (secondary N) is 1. The molecule has 1 aromatic rings. The van der Waals surface area contributed by atoms with Crippen LogP contribution in [-0.4, -0.2) is 28.1 Å². The van der Waals surface area contributed by atoms with Crippen molar-refractivity contribution in [3.8, 4) is 0 Å². The Bertz CT molecular complexity index is 392. The molecule has 2 N–H and O–H groups in total. The van der Waals surface area contributed by atoms with Crippen LogP contribution in [0.25, 0.3) is 0 Å². The van der Waals surface area contributed by atoms with Gasteiger partial charge in [-0.15, -0.1) is 11.3 Å². The second-order valence-electron chi connectivity index (χ2n) is 4.56. The summed E-state index contributed by atoms with van der Waals surface area (Å²) in [5.41, 5.74) is 0.815. The molecule has 0 bridgehead atoms. The number of rotatable bonds is 3. The van der Waals surface area contributed by atoms with Gasteiger partial charge in [-0.25, -0.2) is 4.98 Å². The quantitative estimate of drug-likeness (QED) is 0.857. The van der Waals surface area contributed by atoms with Crippen molar-refractivity contribution < 1.29 is 9.90 Å². The number of carbonyl (C=O) groups is 1. The van der Waals surface area contributed by atoms with Crippen molar-refractivity contribution in [3.63, 3.8) is 0 Å². The number of hydrogen-bond acceptors (Lipinski definition) is 4. The maximum Gasteiger partial charge on any atom is 0.226 e. The Morgan fingerprint density at radius 3 is 3.00 bits per heavy atom. The Morgan fingerprint density at radius 2 is 2.35 bits per heavy atom. The van der Waals surface area contributed by atoms with E-state index >= 15 is 0 Å². The highest BCUT2D eigenvalue weighted by Gasteiger charge is 2.24. The van der Waals surface area contributed by atoms with Crippen molar-refractivity contribution in [2.75, 3.05) is 0 Å². The molecular weight excluding hydrogens is 236 g/mol. The molecule has 4 nitrogen and oxygen atoms in total. The van der Waals surface area contributed by atoms with Gasteiger partial charge >= 0.3 is 0 Å². The van der Waals surface area contributed by atoms with Crippen LogP contribution >= 0.6 is 11.3 Å². The zero-order valence-electron chi connectivity index (χ0n) is 9.98. The molecule has 1 amide bonds. The number of amides is 1. The van der Waals surface area contributed by atoms with E-state index in [1.165, 1.54) is 0 Å². The fourth-order valence-electron chi connectivity index (χ4n) is 2.19. The van der Waals surface area contributed by atoms with Gasteiger partial charge in [0, 0.05) is 5.38 Å². The smallest absolute Gasteiger partial charge is 0.226 e. The van der Waals surface area contributed by atoms with Crippen LogP contribution in [-0.2, 0) is 11.2 Å². The molecule has 1 heterocycles. The number of hydrogen-bond donors (Lipinski definition) is 2. The number of aliphatic hydroxyl groups is 1. The minimum absolute atomic E-state index is 0.0405. The van der Waals surface area contributed by atoms with E-state index in [1.54, 1.807) is 11.3 Å². The maximum absolute atomic E-state index is 11.8. The Kier molecular flexibility index (Phi) is 4.12. The Hall–Kier alpha value is -0.940. The molecular formula is C12H18N2O2S. The number of aliphatic hydroxyl groups excluding tert-OH is 1. The van der Waals surface area contributed by atoms with E-state index in [0.717, 1.165) is 36.4 Å². The number of carbonyl (C=O) groups excluding carboxylic acids is 1. The van der Waals surface area contributed by atoms with Gasteiger partial charge in [-0.05, 0) is 19.8 Å². The summed E-state index contributed by atoms with van der Waals surface area (Å²) in [5, 5.41) is 15.5. The van der Waals surface area contributed by atoms with E-state index in [9.17, 15) is 9.90 Å². The molecule has 1 saturated carbocycles. The first-order valence-corrected chi connectivity index (χ1v) is 6.91. The van der Waals surface area contributed by atoms with Gasteiger partial charge in [-0.1, -0.05) is 12.8 Å². The normalized spacial score (nSPS) is 24.6. The highest BCUT2D eigenvalue weighted by molar-refractivity contribution is 7.09. The summed E-state index contributed by atoms with van der Waals surface area (Å²) in [7, 11) is 0. The Labute approximate surface area is 105 Å². The molecule has 0 aliphatic heterocycles. The predicted molar refractivity (Wildman–Crippen MR) is 67.0 cm³/mol. The SMILES string of the molecule is Cc1nc(CC(=O)N[C@H]2CCCC[C@@H]2O)cs1. The minimum Gasteiger partial charge on any atom is -0.391 e. The van der Waals surface area contributed by atoms with Crippen LogP contribution in [0, 0.1) is 6.92 Å². The molecule has 94 valence electrons. The number of thiazole rings is 1. The third-order valence-corrected chi connectivity index (χ3v) is 3.91. The van der Waals surface area contributed by atoms with Crippen molar-refractivity contribution in [2.24, 2.45) is 0 Å². The largest absolute Gasteiger partial charge is 0.391 e. The van der Waals surface area contributed by atoms with Crippen LogP contribution < -0.4 is 5.32 Å². The summed E-state index contributed by atoms with van der Waals surface area (Å²) >= 11 is 1.55. The highest BCUT2D eigenvalue weighted by Crippen LogP contribution is 2.18. The second-order valence-corrected chi connectivity index (χ2v) is 5.62. The van der Waals surface area contributed by atoms with Crippen LogP contribution in [0.4, 0.5) is 0 Å². The number of aryl methyl sites for hydroxylation is 1. The zero-order chi connectivity index (χ0) is 12.3. The number of nitrogens with zero attached hydrogens (tertiary/aromatic N) is 1. The second kappa shape index (κ2) is 5.60. The van der Waals surface area contributed by atoms with Crippen LogP contribution in [0.1, 0.15) is 36.4 Å². The molecule has 0 radical (unpaired) electrons. The monoisotopic (exact) mass is 254 g/mol. The van der Waals surface area contributed by atoms with E-state index in [1.807, 2.05) is 12.3 Å². The molecule has 1 fully saturated rings. The van der Waals surface area contributed by atoms with E-state index in [0.29, 0.717) is 6.42 Å². The van der Waals surface area contributed by atoms with Crippen LogP contribution in [0.5, 0.6) is 0 Å². The topological polar surface area (TPSA) is 62.2 Å². The molecule has 0 saturated heterocycles. The highest BCUT2D eigenvalue weighted by atomic mass is 32.1. The third-order valence-electron chi connectivity index (χ3n) is 3.08. The molecule has 1 aromatic heterocycles. The molecule has 0 unspecified atom stereocenters. The summed E-state index contributed by atoms with van der Waals surface area (Å²) in [5.74, 6) is -0.0405. The lowest BCUT2D eigenvalue weighted by Crippen LogP contribution is -2.45. The van der Waals surface area contributed by atoms with Crippen molar-refractivity contribution in [1.82, 2.24) is 10.3 Å². The van der Waals surface area contributed by atoms with E-state index in [2.05, 4.69) is 10.3 Å². The Balaban J connectivity index is 1.84. The summed E-state index contributed by atoms with van der Waals surface area (Å²) < 4.78 is 0.